The second-order valence-electron chi connectivity index (χ2n) is 16.8. The number of guanidine groups is 1. The lowest BCUT2D eigenvalue weighted by molar-refractivity contribution is -0.140. The summed E-state index contributed by atoms with van der Waals surface area (Å²) in [7, 11) is 0. The maximum atomic E-state index is 14.5. The molecule has 0 aliphatic rings. The summed E-state index contributed by atoms with van der Waals surface area (Å²) in [6.07, 6.45) is -10.0. The summed E-state index contributed by atoms with van der Waals surface area (Å²) in [6.45, 7) is 3.77. The van der Waals surface area contributed by atoms with E-state index in [4.69, 9.17) is 22.9 Å². The first-order valence-electron chi connectivity index (χ1n) is 23.1. The van der Waals surface area contributed by atoms with Gasteiger partial charge in [-0.1, -0.05) is 20.3 Å². The van der Waals surface area contributed by atoms with E-state index in [1.54, 1.807) is 13.8 Å². The molecule has 0 saturated heterocycles. The molecule has 0 aromatic rings. The van der Waals surface area contributed by atoms with Gasteiger partial charge in [0, 0.05) is 39.2 Å². The molecule has 0 aromatic carbocycles. The number of hydrogen-bond acceptors (Lipinski definition) is 23. The van der Waals surface area contributed by atoms with Crippen LogP contribution in [0.4, 0.5) is 0 Å². The van der Waals surface area contributed by atoms with Gasteiger partial charge in [0.15, 0.2) is 23.3 Å². The van der Waals surface area contributed by atoms with Gasteiger partial charge in [-0.15, -0.1) is 0 Å². The maximum Gasteiger partial charge on any atom is 0.305 e. The second-order valence-corrected chi connectivity index (χ2v) is 16.8. The third-order valence-corrected chi connectivity index (χ3v) is 10.7. The van der Waals surface area contributed by atoms with Crippen molar-refractivity contribution in [1.82, 2.24) is 47.9 Å². The zero-order valence-electron chi connectivity index (χ0n) is 41.4. The standard InChI is InChI=1S/C43H68N14O18/c1-4-21(2)30(20-63)55-29(42(75)57-39(53-24(17-60)10-34(44)68)32(66)13-27(37(45)73)51-23(16-59)6-5-7-49-43(46)47)15-33(67)40(54-26(19-62)12-36(71)72)56-41(74)28(52-25(18-61)11-35(69)70)14-31(65)38(48-8-9-58)50-22(3)64/h9,16-21,23-30,38-40,48,51-55H,4-8,10-15H2,1-3H3,(H2,44,68)(H2,45,73)(H,50,64)(H,56,74)(H,57,75)(H,69,70)(H,71,72)(H4,46,47,49)/t21-,23-,24-,25-,26-,27+,28+,29+,30+,38+,39+,40+/m0/s1. The Hall–Kier alpha value is -7.65. The van der Waals surface area contributed by atoms with Crippen molar-refractivity contribution in [2.45, 2.75) is 145 Å². The van der Waals surface area contributed by atoms with E-state index < -0.39 is 177 Å². The number of aliphatic imine (C=N–C) groups is 1. The van der Waals surface area contributed by atoms with Crippen molar-refractivity contribution < 1.29 is 86.9 Å². The molecule has 0 heterocycles. The van der Waals surface area contributed by atoms with E-state index in [-0.39, 0.29) is 50.6 Å². The lowest BCUT2D eigenvalue weighted by Crippen LogP contribution is -2.63. The van der Waals surface area contributed by atoms with Crippen molar-refractivity contribution >= 4 is 103 Å². The number of aliphatic carboxylic acids is 2. The number of nitrogens with zero attached hydrogens (tertiary/aromatic N) is 1. The van der Waals surface area contributed by atoms with Crippen LogP contribution in [-0.4, -0.2) is 193 Å². The number of amides is 5. The summed E-state index contributed by atoms with van der Waals surface area (Å²) < 4.78 is 0. The SMILES string of the molecule is CC[C@H](C)[C@@H](C=O)N[C@H](CC(=O)[C@@H](NC(=O)[C@@H](CC(=O)[C@H](NCC=O)NC(C)=O)N[C@H](C=O)CC(=O)O)N[C@H](C=O)CC(=O)O)C(=O)N[C@@H](N[C@H](C=O)CC(N)=O)C(=O)C[C@@H](N[C@H](C=O)CCCN=C(N)N)C(N)=O. The summed E-state index contributed by atoms with van der Waals surface area (Å²) in [5.74, 6) is -13.3. The van der Waals surface area contributed by atoms with Crippen LogP contribution in [0, 0.1) is 5.92 Å². The molecule has 19 N–H and O–H groups in total. The Morgan fingerprint density at radius 1 is 0.547 bits per heavy atom. The molecule has 0 aromatic heterocycles. The maximum absolute atomic E-state index is 14.5. The highest BCUT2D eigenvalue weighted by Crippen LogP contribution is 2.12. The van der Waals surface area contributed by atoms with Crippen molar-refractivity contribution in [3.05, 3.63) is 0 Å². The predicted octanol–water partition coefficient (Wildman–Crippen LogP) is -8.70. The van der Waals surface area contributed by atoms with Crippen LogP contribution in [0.2, 0.25) is 0 Å². The molecule has 0 unspecified atom stereocenters. The molecule has 0 aliphatic heterocycles. The molecule has 32 heteroatoms. The highest BCUT2D eigenvalue weighted by Gasteiger charge is 2.37. The monoisotopic (exact) mass is 1070 g/mol. The van der Waals surface area contributed by atoms with Crippen molar-refractivity contribution in [3.63, 3.8) is 0 Å². The first-order chi connectivity index (χ1) is 35.3. The van der Waals surface area contributed by atoms with Gasteiger partial charge in [-0.3, -0.25) is 84.8 Å². The molecule has 32 nitrogen and oxygen atoms in total. The summed E-state index contributed by atoms with van der Waals surface area (Å²) in [5, 5.41) is 40.1. The molecule has 0 fully saturated rings. The number of carboxylic acid groups (broad SMARTS) is 2. The van der Waals surface area contributed by atoms with Crippen LogP contribution >= 0.6 is 0 Å². The molecule has 5 amide bonds. The van der Waals surface area contributed by atoms with E-state index in [1.165, 1.54) is 0 Å². The lowest BCUT2D eigenvalue weighted by Gasteiger charge is -2.30. The van der Waals surface area contributed by atoms with Gasteiger partial charge in [0.1, 0.15) is 56.2 Å². The van der Waals surface area contributed by atoms with Gasteiger partial charge in [-0.05, 0) is 18.8 Å². The molecule has 0 bridgehead atoms. The first kappa shape index (κ1) is 67.3. The van der Waals surface area contributed by atoms with E-state index in [9.17, 15) is 86.9 Å². The fraction of sp³-hybridized carbons (Fsp3) is 0.605. The van der Waals surface area contributed by atoms with Gasteiger partial charge < -0.3 is 77.9 Å². The van der Waals surface area contributed by atoms with E-state index in [0.29, 0.717) is 18.9 Å². The minimum Gasteiger partial charge on any atom is -0.481 e. The number of carbonyl (C=O) groups excluding carboxylic acids is 14. The van der Waals surface area contributed by atoms with Crippen LogP contribution in [0.1, 0.15) is 78.6 Å². The average Bonchev–Trinajstić information content (AvgIpc) is 3.34. The van der Waals surface area contributed by atoms with Gasteiger partial charge in [0.05, 0.1) is 67.7 Å². The Balaban J connectivity index is 7.61. The van der Waals surface area contributed by atoms with E-state index in [2.05, 4.69) is 52.8 Å². The largest absolute Gasteiger partial charge is 0.481 e. The number of carboxylic acids is 2. The topological polar surface area (TPSA) is 538 Å². The fourth-order valence-corrected chi connectivity index (χ4v) is 6.69. The lowest BCUT2D eigenvalue weighted by atomic mass is 9.97. The summed E-state index contributed by atoms with van der Waals surface area (Å²) in [4.78, 5) is 205. The zero-order valence-corrected chi connectivity index (χ0v) is 41.4. The highest BCUT2D eigenvalue weighted by molar-refractivity contribution is 5.99. The molecule has 12 atom stereocenters. The van der Waals surface area contributed by atoms with Crippen LogP contribution in [0.15, 0.2) is 4.99 Å². The van der Waals surface area contributed by atoms with Crippen molar-refractivity contribution in [1.29, 1.82) is 0 Å². The number of nitrogens with two attached hydrogens (primary N) is 4. The van der Waals surface area contributed by atoms with Crippen LogP contribution in [0.25, 0.3) is 0 Å². The van der Waals surface area contributed by atoms with Crippen molar-refractivity contribution in [3.8, 4) is 0 Å². The Bertz CT molecular complexity index is 2070. The molecule has 0 radical (unpaired) electrons. The zero-order chi connectivity index (χ0) is 57.4. The molecule has 75 heavy (non-hydrogen) atoms. The molecular weight excluding hydrogens is 1000 g/mol. The van der Waals surface area contributed by atoms with Crippen LogP contribution in [0.3, 0.4) is 0 Å². The second kappa shape index (κ2) is 36.3. The van der Waals surface area contributed by atoms with Gasteiger partial charge in [0.2, 0.25) is 29.5 Å². The van der Waals surface area contributed by atoms with Gasteiger partial charge in [0.25, 0.3) is 0 Å². The highest BCUT2D eigenvalue weighted by atomic mass is 16.4. The molecule has 0 aliphatic carbocycles. The van der Waals surface area contributed by atoms with Crippen LogP contribution < -0.4 is 70.8 Å². The minimum absolute atomic E-state index is 0.0231. The van der Waals surface area contributed by atoms with Crippen molar-refractivity contribution in [2.75, 3.05) is 13.1 Å². The smallest absolute Gasteiger partial charge is 0.305 e. The Labute approximate surface area is 428 Å². The Morgan fingerprint density at radius 2 is 0.987 bits per heavy atom. The number of ketones is 3. The molecule has 0 saturated carbocycles. The number of nitrogens with one attached hydrogen (secondary N) is 9. The number of hydrogen-bond donors (Lipinski definition) is 15. The predicted molar refractivity (Wildman–Crippen MR) is 258 cm³/mol. The average molecular weight is 1070 g/mol. The van der Waals surface area contributed by atoms with Crippen molar-refractivity contribution in [2.24, 2.45) is 33.8 Å². The number of carbonyl (C=O) groups is 16. The molecular formula is C43H68N14O18. The normalized spacial score (nSPS) is 15.8. The molecule has 0 spiro atoms. The van der Waals surface area contributed by atoms with E-state index in [1.807, 2.05) is 0 Å². The van der Waals surface area contributed by atoms with E-state index >= 15 is 0 Å². The molecule has 418 valence electrons. The third kappa shape index (κ3) is 27.8. The van der Waals surface area contributed by atoms with Crippen LogP contribution in [-0.2, 0) is 76.7 Å². The quantitative estimate of drug-likeness (QED) is 0.00885. The molecule has 0 rings (SSSR count). The number of aldehydes is 6. The summed E-state index contributed by atoms with van der Waals surface area (Å²) in [5.41, 5.74) is 21.5. The first-order valence-corrected chi connectivity index (χ1v) is 23.1. The fourth-order valence-electron chi connectivity index (χ4n) is 6.69. The van der Waals surface area contributed by atoms with Gasteiger partial charge in [-0.2, -0.15) is 0 Å². The van der Waals surface area contributed by atoms with Gasteiger partial charge in [-0.25, -0.2) is 0 Å². The number of Topliss-reactive ketones (excluding diaryl/α,β-unsaturated/α-hetero) is 3. The minimum atomic E-state index is -2.24. The summed E-state index contributed by atoms with van der Waals surface area (Å²) >= 11 is 0. The third-order valence-electron chi connectivity index (χ3n) is 10.7. The Kier molecular flexibility index (Phi) is 32.6. The summed E-state index contributed by atoms with van der Waals surface area (Å²) in [6, 6.07) is -13.1. The Morgan fingerprint density at radius 3 is 1.39 bits per heavy atom. The van der Waals surface area contributed by atoms with Gasteiger partial charge >= 0.3 is 11.9 Å². The van der Waals surface area contributed by atoms with E-state index in [0.717, 1.165) is 6.92 Å². The number of primary amides is 2. The number of rotatable bonds is 45. The van der Waals surface area contributed by atoms with Crippen LogP contribution in [0.5, 0.6) is 0 Å².